The Morgan fingerprint density at radius 3 is 1.93 bits per heavy atom. The third-order valence-corrected chi connectivity index (χ3v) is 7.49. The van der Waals surface area contributed by atoms with Crippen molar-refractivity contribution in [1.29, 1.82) is 0 Å². The number of aliphatic hydroxyl groups excluding tert-OH is 1. The molecule has 0 saturated carbocycles. The van der Waals surface area contributed by atoms with Crippen molar-refractivity contribution in [3.8, 4) is 11.5 Å². The van der Waals surface area contributed by atoms with Crippen LogP contribution < -0.4 is 14.2 Å². The van der Waals surface area contributed by atoms with Gasteiger partial charge in [0.1, 0.15) is 21.3 Å². The third-order valence-electron chi connectivity index (χ3n) is 4.05. The minimum atomic E-state index is -4.01. The first kappa shape index (κ1) is 23.1. The summed E-state index contributed by atoms with van der Waals surface area (Å²) >= 11 is 0. The molecule has 0 saturated heterocycles. The van der Waals surface area contributed by atoms with E-state index in [1.54, 1.807) is 24.3 Å². The molecule has 0 amide bonds. The lowest BCUT2D eigenvalue weighted by Gasteiger charge is -2.22. The van der Waals surface area contributed by atoms with Crippen LogP contribution in [-0.2, 0) is 20.0 Å². The first-order valence-corrected chi connectivity index (χ1v) is 11.6. The first-order valence-electron chi connectivity index (χ1n) is 8.64. The van der Waals surface area contributed by atoms with Crippen LogP contribution in [-0.4, -0.2) is 66.7 Å². The third kappa shape index (κ3) is 5.46. The summed E-state index contributed by atoms with van der Waals surface area (Å²) in [7, 11) is -5.22. The van der Waals surface area contributed by atoms with E-state index >= 15 is 0 Å². The van der Waals surface area contributed by atoms with Crippen LogP contribution in [0.3, 0.4) is 0 Å². The topological polar surface area (TPSA) is 122 Å². The predicted molar refractivity (Wildman–Crippen MR) is 107 cm³/mol. The van der Waals surface area contributed by atoms with Crippen LogP contribution in [0.4, 0.5) is 0 Å². The van der Waals surface area contributed by atoms with Gasteiger partial charge in [-0.15, -0.1) is 0 Å². The summed E-state index contributed by atoms with van der Waals surface area (Å²) in [4.78, 5) is -0.118. The molecule has 11 heteroatoms. The Labute approximate surface area is 171 Å². The largest absolute Gasteiger partial charge is 0.495 e. The Balaban J connectivity index is 2.19. The van der Waals surface area contributed by atoms with Crippen LogP contribution >= 0.6 is 0 Å². The SMILES string of the molecule is COc1ccccc1S(=O)(=O)NCCN(CCO)S(=O)(=O)c1ccccc1OC. The molecule has 0 atom stereocenters. The summed E-state index contributed by atoms with van der Waals surface area (Å²) < 4.78 is 64.5. The smallest absolute Gasteiger partial charge is 0.246 e. The molecule has 9 nitrogen and oxygen atoms in total. The van der Waals surface area contributed by atoms with E-state index in [2.05, 4.69) is 4.72 Å². The first-order chi connectivity index (χ1) is 13.8. The second kappa shape index (κ2) is 10.0. The van der Waals surface area contributed by atoms with Crippen molar-refractivity contribution in [2.24, 2.45) is 0 Å². The number of nitrogens with one attached hydrogen (secondary N) is 1. The van der Waals surface area contributed by atoms with Gasteiger partial charge in [0, 0.05) is 19.6 Å². The van der Waals surface area contributed by atoms with E-state index in [0.29, 0.717) is 0 Å². The molecule has 0 aliphatic carbocycles. The molecule has 2 N–H and O–H groups in total. The van der Waals surface area contributed by atoms with Gasteiger partial charge in [-0.25, -0.2) is 21.6 Å². The van der Waals surface area contributed by atoms with Gasteiger partial charge in [0.25, 0.3) is 0 Å². The molecule has 0 unspecified atom stereocenters. The molecule has 0 fully saturated rings. The Bertz CT molecular complexity index is 1020. The average Bonchev–Trinajstić information content (AvgIpc) is 2.72. The van der Waals surface area contributed by atoms with Gasteiger partial charge in [-0.2, -0.15) is 4.31 Å². The van der Waals surface area contributed by atoms with Crippen molar-refractivity contribution >= 4 is 20.0 Å². The fourth-order valence-electron chi connectivity index (χ4n) is 2.66. The second-order valence-electron chi connectivity index (χ2n) is 5.83. The molecular formula is C18H24N2O7S2. The lowest BCUT2D eigenvalue weighted by Crippen LogP contribution is -2.40. The van der Waals surface area contributed by atoms with E-state index in [1.807, 2.05) is 0 Å². The van der Waals surface area contributed by atoms with E-state index in [0.717, 1.165) is 4.31 Å². The van der Waals surface area contributed by atoms with Crippen molar-refractivity contribution in [3.63, 3.8) is 0 Å². The summed E-state index contributed by atoms with van der Waals surface area (Å²) in [5.41, 5.74) is 0. The van der Waals surface area contributed by atoms with Crippen LogP contribution in [0.5, 0.6) is 11.5 Å². The van der Waals surface area contributed by atoms with E-state index in [1.165, 1.54) is 38.5 Å². The highest BCUT2D eigenvalue weighted by atomic mass is 32.2. The minimum Gasteiger partial charge on any atom is -0.495 e. The maximum atomic E-state index is 13.0. The average molecular weight is 445 g/mol. The predicted octanol–water partition coefficient (Wildman–Crippen LogP) is 0.665. The van der Waals surface area contributed by atoms with Crippen molar-refractivity contribution in [3.05, 3.63) is 48.5 Å². The molecule has 0 aliphatic heterocycles. The van der Waals surface area contributed by atoms with Gasteiger partial charge in [-0.3, -0.25) is 0 Å². The number of hydrogen-bond acceptors (Lipinski definition) is 7. The van der Waals surface area contributed by atoms with Gasteiger partial charge in [-0.05, 0) is 24.3 Å². The van der Waals surface area contributed by atoms with Crippen LogP contribution in [0.15, 0.2) is 58.3 Å². The number of sulfonamides is 2. The summed E-state index contributed by atoms with van der Waals surface area (Å²) in [6.45, 7) is -1.01. The minimum absolute atomic E-state index is 0.0520. The normalized spacial score (nSPS) is 12.1. The highest BCUT2D eigenvalue weighted by Crippen LogP contribution is 2.26. The summed E-state index contributed by atoms with van der Waals surface area (Å²) in [5.74, 6) is 0.332. The van der Waals surface area contributed by atoms with E-state index < -0.39 is 26.7 Å². The number of rotatable bonds is 11. The molecule has 2 aromatic carbocycles. The van der Waals surface area contributed by atoms with Crippen molar-refractivity contribution in [1.82, 2.24) is 9.03 Å². The van der Waals surface area contributed by atoms with E-state index in [9.17, 15) is 21.9 Å². The molecular weight excluding hydrogens is 420 g/mol. The lowest BCUT2D eigenvalue weighted by atomic mass is 10.3. The molecule has 0 aromatic heterocycles. The number of aliphatic hydroxyl groups is 1. The fraction of sp³-hybridized carbons (Fsp3) is 0.333. The van der Waals surface area contributed by atoms with Gasteiger partial charge in [0.2, 0.25) is 20.0 Å². The monoisotopic (exact) mass is 444 g/mol. The van der Waals surface area contributed by atoms with Crippen LogP contribution in [0.25, 0.3) is 0 Å². The number of hydrogen-bond donors (Lipinski definition) is 2. The molecule has 0 radical (unpaired) electrons. The molecule has 0 spiro atoms. The maximum Gasteiger partial charge on any atom is 0.246 e. The Morgan fingerprint density at radius 1 is 0.862 bits per heavy atom. The molecule has 29 heavy (non-hydrogen) atoms. The molecule has 160 valence electrons. The van der Waals surface area contributed by atoms with Crippen LogP contribution in [0.2, 0.25) is 0 Å². The standard InChI is InChI=1S/C18H24N2O7S2/c1-26-15-7-3-5-9-17(15)28(22,23)19-11-12-20(13-14-21)29(24,25)18-10-6-4-8-16(18)27-2/h3-10,19,21H,11-14H2,1-2H3. The fourth-order valence-corrected chi connectivity index (χ4v) is 5.44. The summed E-state index contributed by atoms with van der Waals surface area (Å²) in [6, 6.07) is 12.2. The van der Waals surface area contributed by atoms with Gasteiger partial charge >= 0.3 is 0 Å². The van der Waals surface area contributed by atoms with Gasteiger partial charge in [-0.1, -0.05) is 24.3 Å². The number of nitrogens with zero attached hydrogens (tertiary/aromatic N) is 1. The van der Waals surface area contributed by atoms with E-state index in [4.69, 9.17) is 9.47 Å². The Hall–Kier alpha value is -2.18. The van der Waals surface area contributed by atoms with Crippen molar-refractivity contribution < 1.29 is 31.4 Å². The Morgan fingerprint density at radius 2 is 1.38 bits per heavy atom. The highest BCUT2D eigenvalue weighted by Gasteiger charge is 2.28. The van der Waals surface area contributed by atoms with Gasteiger partial charge in [0.15, 0.2) is 0 Å². The number of benzene rings is 2. The molecule has 2 aromatic rings. The van der Waals surface area contributed by atoms with Crippen LogP contribution in [0, 0.1) is 0 Å². The van der Waals surface area contributed by atoms with Gasteiger partial charge < -0.3 is 14.6 Å². The lowest BCUT2D eigenvalue weighted by molar-refractivity contribution is 0.254. The highest BCUT2D eigenvalue weighted by molar-refractivity contribution is 7.89. The zero-order valence-corrected chi connectivity index (χ0v) is 17.7. The van der Waals surface area contributed by atoms with Crippen molar-refractivity contribution in [2.75, 3.05) is 40.5 Å². The summed E-state index contributed by atoms with van der Waals surface area (Å²) in [5, 5.41) is 9.29. The molecule has 0 aliphatic rings. The number of methoxy groups -OCH3 is 2. The van der Waals surface area contributed by atoms with E-state index in [-0.39, 0.29) is 40.9 Å². The quantitative estimate of drug-likeness (QED) is 0.522. The maximum absolute atomic E-state index is 13.0. The Kier molecular flexibility index (Phi) is 7.99. The van der Waals surface area contributed by atoms with Gasteiger partial charge in [0.05, 0.1) is 20.8 Å². The number of ether oxygens (including phenoxy) is 2. The molecule has 0 heterocycles. The second-order valence-corrected chi connectivity index (χ2v) is 9.47. The van der Waals surface area contributed by atoms with Crippen LogP contribution in [0.1, 0.15) is 0 Å². The number of para-hydroxylation sites is 2. The van der Waals surface area contributed by atoms with Crippen molar-refractivity contribution in [2.45, 2.75) is 9.79 Å². The molecule has 0 bridgehead atoms. The zero-order chi connectivity index (χ0) is 21.5. The molecule has 2 rings (SSSR count). The zero-order valence-electron chi connectivity index (χ0n) is 16.1. The summed E-state index contributed by atoms with van der Waals surface area (Å²) in [6.07, 6.45) is 0.